The molecule has 0 spiro atoms. The summed E-state index contributed by atoms with van der Waals surface area (Å²) in [5.74, 6) is 0.517. The second-order valence-corrected chi connectivity index (χ2v) is 4.61. The van der Waals surface area contributed by atoms with Gasteiger partial charge < -0.3 is 5.32 Å². The summed E-state index contributed by atoms with van der Waals surface area (Å²) >= 11 is 10.5. The molecule has 0 aliphatic rings. The lowest BCUT2D eigenvalue weighted by Crippen LogP contribution is -2.08. The van der Waals surface area contributed by atoms with Gasteiger partial charge in [0.25, 0.3) is 0 Å². The predicted octanol–water partition coefficient (Wildman–Crippen LogP) is 3.97. The first-order valence-corrected chi connectivity index (χ1v) is 6.34. The largest absolute Gasteiger partial charge is 0.416 e. The van der Waals surface area contributed by atoms with Gasteiger partial charge in [0.2, 0.25) is 0 Å². The monoisotopic (exact) mass is 319 g/mol. The highest BCUT2D eigenvalue weighted by molar-refractivity contribution is 7.79. The van der Waals surface area contributed by atoms with Crippen LogP contribution < -0.4 is 5.32 Å². The van der Waals surface area contributed by atoms with E-state index in [1.54, 1.807) is 12.3 Å². The summed E-state index contributed by atoms with van der Waals surface area (Å²) in [7, 11) is 0. The summed E-state index contributed by atoms with van der Waals surface area (Å²) in [4.78, 5) is 0. The zero-order valence-corrected chi connectivity index (χ0v) is 11.6. The molecular weight excluding hydrogens is 311 g/mol. The molecule has 2 rings (SSSR count). The highest BCUT2D eigenvalue weighted by Crippen LogP contribution is 2.32. The smallest absolute Gasteiger partial charge is 0.336 e. The van der Waals surface area contributed by atoms with Crippen molar-refractivity contribution < 1.29 is 13.2 Å². The lowest BCUT2D eigenvalue weighted by Gasteiger charge is -2.10. The minimum atomic E-state index is -4.40. The lowest BCUT2D eigenvalue weighted by atomic mass is 10.1. The molecule has 0 aliphatic heterocycles. The first kappa shape index (κ1) is 14.8. The Morgan fingerprint density at radius 3 is 2.75 bits per heavy atom. The van der Waals surface area contributed by atoms with Crippen LogP contribution in [0.5, 0.6) is 0 Å². The van der Waals surface area contributed by atoms with E-state index in [-0.39, 0.29) is 11.6 Å². The van der Waals surface area contributed by atoms with Crippen molar-refractivity contribution in [3.8, 4) is 0 Å². The average molecular weight is 320 g/mol. The van der Waals surface area contributed by atoms with E-state index in [1.807, 2.05) is 0 Å². The van der Waals surface area contributed by atoms with Gasteiger partial charge in [-0.25, -0.2) is 0 Å². The van der Waals surface area contributed by atoms with Gasteiger partial charge in [0, 0.05) is 17.3 Å². The summed E-state index contributed by atoms with van der Waals surface area (Å²) in [5, 5.41) is 7.07. The third-order valence-corrected chi connectivity index (χ3v) is 3.04. The highest BCUT2D eigenvalue weighted by Gasteiger charge is 2.30. The molecule has 2 aromatic rings. The molecule has 0 bridgehead atoms. The Balaban J connectivity index is 2.25. The topological polar surface area (TPSA) is 29.9 Å². The van der Waals surface area contributed by atoms with E-state index in [2.05, 4.69) is 22.6 Å². The van der Waals surface area contributed by atoms with Crippen LogP contribution in [0.1, 0.15) is 11.1 Å². The fourth-order valence-corrected chi connectivity index (χ4v) is 1.93. The molecule has 8 heteroatoms. The lowest BCUT2D eigenvalue weighted by molar-refractivity contribution is -0.137. The number of alkyl halides is 3. The first-order valence-electron chi connectivity index (χ1n) is 5.49. The molecule has 0 saturated carbocycles. The van der Waals surface area contributed by atoms with Crippen LogP contribution in [0.4, 0.5) is 19.0 Å². The van der Waals surface area contributed by atoms with Gasteiger partial charge in [-0.15, -0.1) is 0 Å². The van der Waals surface area contributed by atoms with Crippen LogP contribution in [-0.4, -0.2) is 15.3 Å². The van der Waals surface area contributed by atoms with Gasteiger partial charge in [-0.2, -0.15) is 18.3 Å². The molecule has 1 aromatic carbocycles. The van der Waals surface area contributed by atoms with Gasteiger partial charge in [0.05, 0.1) is 17.6 Å². The molecule has 0 fully saturated rings. The molecule has 3 nitrogen and oxygen atoms in total. The maximum atomic E-state index is 12.7. The number of anilines is 1. The van der Waals surface area contributed by atoms with Crippen molar-refractivity contribution in [2.75, 3.05) is 5.32 Å². The first-order chi connectivity index (χ1) is 9.40. The SMILES string of the molecule is FC(F)(F)c1ccc(Cl)c(Cn2ccc(NC=S)n2)c1. The second-order valence-electron chi connectivity index (χ2n) is 3.96. The number of thiocarbonyl (C=S) groups is 1. The van der Waals surface area contributed by atoms with Crippen LogP contribution in [0.15, 0.2) is 30.5 Å². The molecule has 1 heterocycles. The maximum absolute atomic E-state index is 12.7. The number of halogens is 4. The Kier molecular flexibility index (Phi) is 4.29. The van der Waals surface area contributed by atoms with Crippen LogP contribution in [0.25, 0.3) is 0 Å². The van der Waals surface area contributed by atoms with E-state index in [4.69, 9.17) is 11.6 Å². The van der Waals surface area contributed by atoms with E-state index >= 15 is 0 Å². The Morgan fingerprint density at radius 2 is 2.10 bits per heavy atom. The molecule has 0 aliphatic carbocycles. The van der Waals surface area contributed by atoms with Gasteiger partial charge in [-0.05, 0) is 23.8 Å². The number of hydrogen-bond acceptors (Lipinski definition) is 2. The molecule has 0 unspecified atom stereocenters. The average Bonchev–Trinajstić information content (AvgIpc) is 2.78. The van der Waals surface area contributed by atoms with Crippen LogP contribution in [-0.2, 0) is 12.7 Å². The zero-order chi connectivity index (χ0) is 14.8. The van der Waals surface area contributed by atoms with E-state index in [1.165, 1.54) is 16.2 Å². The van der Waals surface area contributed by atoms with Crippen molar-refractivity contribution in [1.82, 2.24) is 9.78 Å². The quantitative estimate of drug-likeness (QED) is 0.865. The molecule has 0 radical (unpaired) electrons. The number of rotatable bonds is 4. The Labute approximate surface area is 123 Å². The van der Waals surface area contributed by atoms with Crippen LogP contribution in [0.3, 0.4) is 0 Å². The molecule has 0 atom stereocenters. The minimum Gasteiger partial charge on any atom is -0.336 e. The maximum Gasteiger partial charge on any atom is 0.416 e. The van der Waals surface area contributed by atoms with E-state index in [0.29, 0.717) is 11.4 Å². The second kappa shape index (κ2) is 5.80. The number of nitrogens with one attached hydrogen (secondary N) is 1. The number of hydrogen-bond donors (Lipinski definition) is 1. The number of aromatic nitrogens is 2. The fraction of sp³-hybridized carbons (Fsp3) is 0.167. The molecule has 0 amide bonds. The van der Waals surface area contributed by atoms with Crippen molar-refractivity contribution >= 4 is 35.1 Å². The number of nitrogens with zero attached hydrogens (tertiary/aromatic N) is 2. The third kappa shape index (κ3) is 3.49. The van der Waals surface area contributed by atoms with Crippen LogP contribution in [0.2, 0.25) is 5.02 Å². The normalized spacial score (nSPS) is 11.4. The van der Waals surface area contributed by atoms with Crippen molar-refractivity contribution in [1.29, 1.82) is 0 Å². The standard InChI is InChI=1S/C12H9ClF3N3S/c13-10-2-1-9(12(14,15)16)5-8(10)6-19-4-3-11(18-19)17-7-20/h1-5,7H,6H2,(H,17,18,20). The highest BCUT2D eigenvalue weighted by atomic mass is 35.5. The van der Waals surface area contributed by atoms with Gasteiger partial charge in [0.1, 0.15) is 0 Å². The molecule has 1 N–H and O–H groups in total. The van der Waals surface area contributed by atoms with E-state index in [0.717, 1.165) is 12.1 Å². The third-order valence-electron chi connectivity index (χ3n) is 2.55. The van der Waals surface area contributed by atoms with Crippen molar-refractivity contribution in [3.05, 3.63) is 46.6 Å². The van der Waals surface area contributed by atoms with Crippen molar-refractivity contribution in [3.63, 3.8) is 0 Å². The summed E-state index contributed by atoms with van der Waals surface area (Å²) in [6, 6.07) is 4.87. The molecule has 20 heavy (non-hydrogen) atoms. The minimum absolute atomic E-state index is 0.141. The Bertz CT molecular complexity index is 625. The van der Waals surface area contributed by atoms with Gasteiger partial charge in [-0.3, -0.25) is 4.68 Å². The van der Waals surface area contributed by atoms with Gasteiger partial charge in [0.15, 0.2) is 5.82 Å². The predicted molar refractivity (Wildman–Crippen MR) is 75.1 cm³/mol. The fourth-order valence-electron chi connectivity index (χ4n) is 1.63. The molecular formula is C12H9ClF3N3S. The van der Waals surface area contributed by atoms with Gasteiger partial charge >= 0.3 is 6.18 Å². The molecule has 106 valence electrons. The molecule has 1 aromatic heterocycles. The summed E-state index contributed by atoms with van der Waals surface area (Å²) < 4.78 is 39.4. The van der Waals surface area contributed by atoms with Crippen LogP contribution >= 0.6 is 23.8 Å². The van der Waals surface area contributed by atoms with Crippen molar-refractivity contribution in [2.45, 2.75) is 12.7 Å². The molecule has 0 saturated heterocycles. The summed E-state index contributed by atoms with van der Waals surface area (Å²) in [5.41, 5.74) is 0.906. The Morgan fingerprint density at radius 1 is 1.35 bits per heavy atom. The zero-order valence-electron chi connectivity index (χ0n) is 9.99. The van der Waals surface area contributed by atoms with E-state index < -0.39 is 11.7 Å². The summed E-state index contributed by atoms with van der Waals surface area (Å²) in [6.07, 6.45) is -2.77. The van der Waals surface area contributed by atoms with E-state index in [9.17, 15) is 13.2 Å². The summed E-state index contributed by atoms with van der Waals surface area (Å²) in [6.45, 7) is 0.141. The number of benzene rings is 1. The van der Waals surface area contributed by atoms with Gasteiger partial charge in [-0.1, -0.05) is 23.8 Å². The van der Waals surface area contributed by atoms with Crippen molar-refractivity contribution in [2.24, 2.45) is 0 Å². The Hall–Kier alpha value is -1.60. The van der Waals surface area contributed by atoms with Crippen LogP contribution in [0, 0.1) is 0 Å².